The molecule has 0 radical (unpaired) electrons. The summed E-state index contributed by atoms with van der Waals surface area (Å²) < 4.78 is 1.70. The van der Waals surface area contributed by atoms with E-state index in [4.69, 9.17) is 5.73 Å². The SMILES string of the molecule is Cc1ccc2c(nnn2CN)c1C. The van der Waals surface area contributed by atoms with Crippen LogP contribution in [0.4, 0.5) is 0 Å². The second-order valence-electron chi connectivity index (χ2n) is 3.15. The first kappa shape index (κ1) is 8.19. The maximum atomic E-state index is 5.51. The Morgan fingerprint density at radius 1 is 1.38 bits per heavy atom. The van der Waals surface area contributed by atoms with E-state index in [1.807, 2.05) is 13.0 Å². The zero-order valence-electron chi connectivity index (χ0n) is 7.78. The van der Waals surface area contributed by atoms with Crippen LogP contribution in [0.2, 0.25) is 0 Å². The summed E-state index contributed by atoms with van der Waals surface area (Å²) in [7, 11) is 0. The molecular weight excluding hydrogens is 164 g/mol. The van der Waals surface area contributed by atoms with Gasteiger partial charge in [-0.15, -0.1) is 5.10 Å². The number of hydrogen-bond donors (Lipinski definition) is 1. The second-order valence-corrected chi connectivity index (χ2v) is 3.15. The maximum Gasteiger partial charge on any atom is 0.116 e. The summed E-state index contributed by atoms with van der Waals surface area (Å²) in [5.74, 6) is 0. The zero-order valence-corrected chi connectivity index (χ0v) is 7.78. The van der Waals surface area contributed by atoms with Crippen LogP contribution in [0, 0.1) is 13.8 Å². The number of aromatic nitrogens is 3. The van der Waals surface area contributed by atoms with Crippen molar-refractivity contribution in [3.63, 3.8) is 0 Å². The predicted octanol–water partition coefficient (Wildman–Crippen LogP) is 0.964. The lowest BCUT2D eigenvalue weighted by atomic mass is 10.1. The lowest BCUT2D eigenvalue weighted by molar-refractivity contribution is 0.627. The van der Waals surface area contributed by atoms with Crippen molar-refractivity contribution < 1.29 is 0 Å². The Morgan fingerprint density at radius 2 is 2.15 bits per heavy atom. The average molecular weight is 176 g/mol. The summed E-state index contributed by atoms with van der Waals surface area (Å²) in [5.41, 5.74) is 9.87. The normalized spacial score (nSPS) is 11.0. The lowest BCUT2D eigenvalue weighted by Crippen LogP contribution is -2.08. The number of fused-ring (bicyclic) bond motifs is 1. The fraction of sp³-hybridized carbons (Fsp3) is 0.333. The van der Waals surface area contributed by atoms with Crippen LogP contribution in [0.25, 0.3) is 11.0 Å². The smallest absolute Gasteiger partial charge is 0.116 e. The third-order valence-corrected chi connectivity index (χ3v) is 2.38. The molecule has 2 N–H and O–H groups in total. The molecule has 1 aromatic carbocycles. The van der Waals surface area contributed by atoms with E-state index in [0.717, 1.165) is 11.0 Å². The van der Waals surface area contributed by atoms with E-state index in [1.54, 1.807) is 4.68 Å². The van der Waals surface area contributed by atoms with Crippen molar-refractivity contribution in [3.05, 3.63) is 23.3 Å². The number of hydrogen-bond acceptors (Lipinski definition) is 3. The fourth-order valence-corrected chi connectivity index (χ4v) is 1.40. The zero-order chi connectivity index (χ0) is 9.42. The van der Waals surface area contributed by atoms with Gasteiger partial charge in [0.1, 0.15) is 5.52 Å². The minimum absolute atomic E-state index is 0.374. The van der Waals surface area contributed by atoms with Gasteiger partial charge in [0, 0.05) is 0 Å². The quantitative estimate of drug-likeness (QED) is 0.704. The van der Waals surface area contributed by atoms with Gasteiger partial charge in [0.05, 0.1) is 12.2 Å². The minimum Gasteiger partial charge on any atom is -0.312 e. The minimum atomic E-state index is 0.374. The highest BCUT2D eigenvalue weighted by molar-refractivity contribution is 5.79. The van der Waals surface area contributed by atoms with Crippen molar-refractivity contribution in [3.8, 4) is 0 Å². The van der Waals surface area contributed by atoms with Crippen molar-refractivity contribution in [1.29, 1.82) is 0 Å². The van der Waals surface area contributed by atoms with Gasteiger partial charge in [-0.1, -0.05) is 11.3 Å². The standard InChI is InChI=1S/C9H12N4/c1-6-3-4-8-9(7(6)2)11-12-13(8)5-10/h3-4H,5,10H2,1-2H3. The molecule has 0 saturated heterocycles. The van der Waals surface area contributed by atoms with E-state index >= 15 is 0 Å². The molecule has 0 spiro atoms. The number of nitrogens with two attached hydrogens (primary N) is 1. The number of benzene rings is 1. The molecule has 4 heteroatoms. The monoisotopic (exact) mass is 176 g/mol. The summed E-state index contributed by atoms with van der Waals surface area (Å²) in [5, 5.41) is 8.04. The van der Waals surface area contributed by atoms with Crippen molar-refractivity contribution in [2.75, 3.05) is 0 Å². The Balaban J connectivity index is 2.81. The topological polar surface area (TPSA) is 56.7 Å². The first-order valence-corrected chi connectivity index (χ1v) is 4.23. The molecule has 0 unspecified atom stereocenters. The summed E-state index contributed by atoms with van der Waals surface area (Å²) in [4.78, 5) is 0. The highest BCUT2D eigenvalue weighted by Crippen LogP contribution is 2.18. The third kappa shape index (κ3) is 1.10. The lowest BCUT2D eigenvalue weighted by Gasteiger charge is -2.00. The molecule has 2 rings (SSSR count). The van der Waals surface area contributed by atoms with E-state index in [1.165, 1.54) is 11.1 Å². The number of nitrogens with zero attached hydrogens (tertiary/aromatic N) is 3. The molecule has 13 heavy (non-hydrogen) atoms. The van der Waals surface area contributed by atoms with Gasteiger partial charge >= 0.3 is 0 Å². The Bertz CT molecular complexity index is 444. The van der Waals surface area contributed by atoms with Crippen LogP contribution >= 0.6 is 0 Å². The number of rotatable bonds is 1. The van der Waals surface area contributed by atoms with Crippen LogP contribution in [-0.4, -0.2) is 15.0 Å². The van der Waals surface area contributed by atoms with Gasteiger partial charge in [0.2, 0.25) is 0 Å². The van der Waals surface area contributed by atoms with Gasteiger partial charge in [-0.25, -0.2) is 4.68 Å². The summed E-state index contributed by atoms with van der Waals surface area (Å²) in [6.45, 7) is 4.49. The van der Waals surface area contributed by atoms with Crippen LogP contribution in [-0.2, 0) is 6.67 Å². The van der Waals surface area contributed by atoms with E-state index in [0.29, 0.717) is 6.67 Å². The van der Waals surface area contributed by atoms with Crippen molar-refractivity contribution in [2.45, 2.75) is 20.5 Å². The molecule has 1 aromatic heterocycles. The fourth-order valence-electron chi connectivity index (χ4n) is 1.40. The molecule has 0 aliphatic heterocycles. The van der Waals surface area contributed by atoms with Crippen LogP contribution in [0.15, 0.2) is 12.1 Å². The first-order valence-electron chi connectivity index (χ1n) is 4.23. The second kappa shape index (κ2) is 2.81. The third-order valence-electron chi connectivity index (χ3n) is 2.38. The summed E-state index contributed by atoms with van der Waals surface area (Å²) in [6, 6.07) is 4.07. The molecule has 0 amide bonds. The largest absolute Gasteiger partial charge is 0.312 e. The van der Waals surface area contributed by atoms with Crippen molar-refractivity contribution in [2.24, 2.45) is 5.73 Å². The van der Waals surface area contributed by atoms with Crippen LogP contribution in [0.3, 0.4) is 0 Å². The van der Waals surface area contributed by atoms with Gasteiger partial charge in [0.15, 0.2) is 0 Å². The summed E-state index contributed by atoms with van der Waals surface area (Å²) in [6.07, 6.45) is 0. The highest BCUT2D eigenvalue weighted by Gasteiger charge is 2.06. The molecule has 0 aliphatic rings. The van der Waals surface area contributed by atoms with Gasteiger partial charge in [-0.2, -0.15) is 0 Å². The number of aryl methyl sites for hydroxylation is 2. The Labute approximate surface area is 76.3 Å². The molecule has 0 fully saturated rings. The molecule has 0 saturated carbocycles. The summed E-state index contributed by atoms with van der Waals surface area (Å²) >= 11 is 0. The molecular formula is C9H12N4. The molecule has 0 aliphatic carbocycles. The van der Waals surface area contributed by atoms with E-state index < -0.39 is 0 Å². The maximum absolute atomic E-state index is 5.51. The van der Waals surface area contributed by atoms with Crippen LogP contribution in [0.5, 0.6) is 0 Å². The van der Waals surface area contributed by atoms with Crippen LogP contribution < -0.4 is 5.73 Å². The van der Waals surface area contributed by atoms with Gasteiger partial charge in [0.25, 0.3) is 0 Å². The molecule has 68 valence electrons. The Morgan fingerprint density at radius 3 is 2.85 bits per heavy atom. The van der Waals surface area contributed by atoms with Crippen molar-refractivity contribution >= 4 is 11.0 Å². The first-order chi connectivity index (χ1) is 6.24. The molecule has 4 nitrogen and oxygen atoms in total. The van der Waals surface area contributed by atoms with Crippen molar-refractivity contribution in [1.82, 2.24) is 15.0 Å². The molecule has 1 heterocycles. The van der Waals surface area contributed by atoms with E-state index in [2.05, 4.69) is 23.3 Å². The van der Waals surface area contributed by atoms with E-state index in [-0.39, 0.29) is 0 Å². The predicted molar refractivity (Wildman–Crippen MR) is 51.2 cm³/mol. The molecule has 0 bridgehead atoms. The van der Waals surface area contributed by atoms with Gasteiger partial charge in [-0.3, -0.25) is 0 Å². The Kier molecular flexibility index (Phi) is 1.77. The molecule has 0 atom stereocenters. The highest BCUT2D eigenvalue weighted by atomic mass is 15.4. The van der Waals surface area contributed by atoms with Gasteiger partial charge in [-0.05, 0) is 31.0 Å². The average Bonchev–Trinajstić information content (AvgIpc) is 2.55. The van der Waals surface area contributed by atoms with Gasteiger partial charge < -0.3 is 5.73 Å². The molecule has 2 aromatic rings. The van der Waals surface area contributed by atoms with E-state index in [9.17, 15) is 0 Å². The Hall–Kier alpha value is -1.42. The van der Waals surface area contributed by atoms with Crippen LogP contribution in [0.1, 0.15) is 11.1 Å².